The zero-order valence-electron chi connectivity index (χ0n) is 18.2. The summed E-state index contributed by atoms with van der Waals surface area (Å²) in [7, 11) is 0. The summed E-state index contributed by atoms with van der Waals surface area (Å²) in [5, 5.41) is 3.33. The lowest BCUT2D eigenvalue weighted by Gasteiger charge is -2.38. The number of aryl methyl sites for hydroxylation is 1. The molecule has 6 nitrogen and oxygen atoms in total. The van der Waals surface area contributed by atoms with Crippen molar-refractivity contribution in [3.05, 3.63) is 59.2 Å². The van der Waals surface area contributed by atoms with Gasteiger partial charge in [-0.15, -0.1) is 0 Å². The highest BCUT2D eigenvalue weighted by atomic mass is 16.7. The molecule has 0 radical (unpaired) electrons. The van der Waals surface area contributed by atoms with E-state index in [0.29, 0.717) is 6.79 Å². The van der Waals surface area contributed by atoms with Crippen LogP contribution in [0.15, 0.2) is 42.5 Å². The molecule has 2 heterocycles. The molecule has 1 aliphatic carbocycles. The van der Waals surface area contributed by atoms with Gasteiger partial charge in [-0.2, -0.15) is 0 Å². The molecule has 2 atom stereocenters. The Kier molecular flexibility index (Phi) is 5.83. The minimum atomic E-state index is -0.109. The Morgan fingerprint density at radius 1 is 1.10 bits per heavy atom. The fourth-order valence-electron chi connectivity index (χ4n) is 4.97. The highest BCUT2D eigenvalue weighted by molar-refractivity contribution is 5.81. The first-order chi connectivity index (χ1) is 15.2. The van der Waals surface area contributed by atoms with E-state index in [1.165, 1.54) is 16.7 Å². The number of hydrogen-bond acceptors (Lipinski definition) is 5. The molecule has 1 N–H and O–H groups in total. The number of nitrogens with zero attached hydrogens (tertiary/aromatic N) is 2. The zero-order chi connectivity index (χ0) is 21.2. The maximum atomic E-state index is 13.0. The predicted molar refractivity (Wildman–Crippen MR) is 119 cm³/mol. The van der Waals surface area contributed by atoms with Crippen LogP contribution in [-0.4, -0.2) is 54.7 Å². The summed E-state index contributed by atoms with van der Waals surface area (Å²) in [5.74, 6) is 1.81. The van der Waals surface area contributed by atoms with Crippen LogP contribution in [0.5, 0.6) is 11.5 Å². The number of nitrogens with one attached hydrogen (secondary N) is 1. The number of carbonyl (C=O) groups excluding carboxylic acids is 1. The second kappa shape index (κ2) is 8.89. The van der Waals surface area contributed by atoms with Crippen molar-refractivity contribution in [2.75, 3.05) is 33.0 Å². The lowest BCUT2D eigenvalue weighted by Crippen LogP contribution is -2.54. The third-order valence-electron chi connectivity index (χ3n) is 6.86. The fraction of sp³-hybridized carbons (Fsp3) is 0.480. The molecule has 0 spiro atoms. The predicted octanol–water partition coefficient (Wildman–Crippen LogP) is 3.12. The van der Waals surface area contributed by atoms with E-state index in [-0.39, 0.29) is 18.0 Å². The molecule has 6 heteroatoms. The summed E-state index contributed by atoms with van der Waals surface area (Å²) in [5.41, 5.74) is 3.91. The molecule has 0 unspecified atom stereocenters. The van der Waals surface area contributed by atoms with Gasteiger partial charge in [0.25, 0.3) is 0 Å². The topological polar surface area (TPSA) is 54.0 Å². The zero-order valence-corrected chi connectivity index (χ0v) is 18.2. The van der Waals surface area contributed by atoms with Crippen molar-refractivity contribution in [1.82, 2.24) is 15.1 Å². The summed E-state index contributed by atoms with van der Waals surface area (Å²) < 4.78 is 10.9. The molecule has 2 aliphatic heterocycles. The van der Waals surface area contributed by atoms with Gasteiger partial charge in [-0.05, 0) is 55.0 Å². The number of fused-ring (bicyclic) bond motifs is 2. The third kappa shape index (κ3) is 4.41. The van der Waals surface area contributed by atoms with Gasteiger partial charge in [0.2, 0.25) is 12.7 Å². The van der Waals surface area contributed by atoms with Crippen molar-refractivity contribution < 1.29 is 14.3 Å². The van der Waals surface area contributed by atoms with E-state index in [9.17, 15) is 4.79 Å². The van der Waals surface area contributed by atoms with Crippen LogP contribution >= 0.6 is 0 Å². The molecular formula is C25H31N3O3. The number of benzene rings is 2. The standard InChI is InChI=1S/C25H31N3O3/c1-18(25(29)26-22-8-4-6-20-5-2-3-7-21(20)22)28-13-11-27(12-14-28)16-19-9-10-23-24(15-19)31-17-30-23/h2-3,5,7,9-10,15,18,22H,4,6,8,11-14,16-17H2,1H3,(H,26,29)/t18-,22-/m0/s1. The lowest BCUT2D eigenvalue weighted by atomic mass is 9.87. The molecule has 1 amide bonds. The summed E-state index contributed by atoms with van der Waals surface area (Å²) in [6.45, 7) is 6.96. The Labute approximate surface area is 184 Å². The molecule has 2 aromatic rings. The molecular weight excluding hydrogens is 390 g/mol. The number of carbonyl (C=O) groups is 1. The molecule has 0 aromatic heterocycles. The van der Waals surface area contributed by atoms with E-state index < -0.39 is 0 Å². The molecule has 1 fully saturated rings. The third-order valence-corrected chi connectivity index (χ3v) is 6.86. The Balaban J connectivity index is 1.13. The average Bonchev–Trinajstić information content (AvgIpc) is 3.27. The van der Waals surface area contributed by atoms with Gasteiger partial charge in [-0.1, -0.05) is 30.3 Å². The van der Waals surface area contributed by atoms with Crippen LogP contribution in [0, 0.1) is 0 Å². The van der Waals surface area contributed by atoms with Crippen LogP contribution in [0.25, 0.3) is 0 Å². The smallest absolute Gasteiger partial charge is 0.237 e. The fourth-order valence-corrected chi connectivity index (χ4v) is 4.97. The van der Waals surface area contributed by atoms with Crippen LogP contribution in [0.1, 0.15) is 42.5 Å². The summed E-state index contributed by atoms with van der Waals surface area (Å²) >= 11 is 0. The summed E-state index contributed by atoms with van der Waals surface area (Å²) in [6.07, 6.45) is 3.27. The normalized spacial score (nSPS) is 22.0. The second-order valence-electron chi connectivity index (χ2n) is 8.83. The summed E-state index contributed by atoms with van der Waals surface area (Å²) in [4.78, 5) is 17.8. The Morgan fingerprint density at radius 2 is 1.90 bits per heavy atom. The van der Waals surface area contributed by atoms with Crippen LogP contribution in [0.2, 0.25) is 0 Å². The molecule has 164 valence electrons. The van der Waals surface area contributed by atoms with Crippen molar-refractivity contribution in [1.29, 1.82) is 0 Å². The second-order valence-corrected chi connectivity index (χ2v) is 8.83. The minimum absolute atomic E-state index is 0.109. The van der Waals surface area contributed by atoms with Crippen molar-refractivity contribution >= 4 is 5.91 Å². The van der Waals surface area contributed by atoms with Gasteiger partial charge >= 0.3 is 0 Å². The van der Waals surface area contributed by atoms with Crippen molar-refractivity contribution in [2.24, 2.45) is 0 Å². The van der Waals surface area contributed by atoms with Crippen LogP contribution in [-0.2, 0) is 17.8 Å². The largest absolute Gasteiger partial charge is 0.454 e. The highest BCUT2D eigenvalue weighted by Crippen LogP contribution is 2.33. The summed E-state index contributed by atoms with van der Waals surface area (Å²) in [6, 6.07) is 14.7. The maximum absolute atomic E-state index is 13.0. The van der Waals surface area contributed by atoms with Crippen LogP contribution in [0.3, 0.4) is 0 Å². The molecule has 3 aliphatic rings. The van der Waals surface area contributed by atoms with Crippen LogP contribution < -0.4 is 14.8 Å². The molecule has 0 saturated carbocycles. The van der Waals surface area contributed by atoms with Gasteiger partial charge in [0.05, 0.1) is 12.1 Å². The van der Waals surface area contributed by atoms with Crippen LogP contribution in [0.4, 0.5) is 0 Å². The van der Waals surface area contributed by atoms with Gasteiger partial charge < -0.3 is 14.8 Å². The first-order valence-corrected chi connectivity index (χ1v) is 11.4. The molecule has 5 rings (SSSR count). The average molecular weight is 422 g/mol. The first-order valence-electron chi connectivity index (χ1n) is 11.4. The number of hydrogen-bond donors (Lipinski definition) is 1. The van der Waals surface area contributed by atoms with Gasteiger partial charge in [0.15, 0.2) is 11.5 Å². The monoisotopic (exact) mass is 421 g/mol. The Bertz CT molecular complexity index is 939. The maximum Gasteiger partial charge on any atom is 0.237 e. The highest BCUT2D eigenvalue weighted by Gasteiger charge is 2.29. The molecule has 0 bridgehead atoms. The number of piperazine rings is 1. The minimum Gasteiger partial charge on any atom is -0.454 e. The van der Waals surface area contributed by atoms with Gasteiger partial charge in [0.1, 0.15) is 0 Å². The molecule has 31 heavy (non-hydrogen) atoms. The van der Waals surface area contributed by atoms with Crippen molar-refractivity contribution in [2.45, 2.75) is 44.8 Å². The van der Waals surface area contributed by atoms with E-state index in [4.69, 9.17) is 9.47 Å². The van der Waals surface area contributed by atoms with Crippen molar-refractivity contribution in [3.8, 4) is 11.5 Å². The van der Waals surface area contributed by atoms with E-state index in [0.717, 1.165) is 63.5 Å². The lowest BCUT2D eigenvalue weighted by molar-refractivity contribution is -0.127. The molecule has 2 aromatic carbocycles. The Morgan fingerprint density at radius 3 is 2.77 bits per heavy atom. The quantitative estimate of drug-likeness (QED) is 0.804. The number of amides is 1. The van der Waals surface area contributed by atoms with Crippen molar-refractivity contribution in [3.63, 3.8) is 0 Å². The Hall–Kier alpha value is -2.57. The van der Waals surface area contributed by atoms with Gasteiger partial charge in [-0.25, -0.2) is 0 Å². The molecule has 1 saturated heterocycles. The number of ether oxygens (including phenoxy) is 2. The van der Waals surface area contributed by atoms with Gasteiger partial charge in [0, 0.05) is 32.7 Å². The SMILES string of the molecule is C[C@@H](C(=O)N[C@H]1CCCc2ccccc21)N1CCN(Cc2ccc3c(c2)OCO3)CC1. The first kappa shape index (κ1) is 20.3. The number of rotatable bonds is 5. The van der Waals surface area contributed by atoms with Gasteiger partial charge in [-0.3, -0.25) is 14.6 Å². The van der Waals surface area contributed by atoms with E-state index in [1.807, 2.05) is 13.0 Å². The van der Waals surface area contributed by atoms with E-state index in [1.54, 1.807) is 0 Å². The van der Waals surface area contributed by atoms with E-state index in [2.05, 4.69) is 51.5 Å². The van der Waals surface area contributed by atoms with E-state index >= 15 is 0 Å².